The van der Waals surface area contributed by atoms with Gasteiger partial charge in [-0.05, 0) is 17.7 Å². The molecular weight excluding hydrogens is 320 g/mol. The number of carbonyl (C=O) groups is 2. The smallest absolute Gasteiger partial charge is 0.243 e. The van der Waals surface area contributed by atoms with Crippen LogP contribution in [0.15, 0.2) is 53.1 Å². The summed E-state index contributed by atoms with van der Waals surface area (Å²) < 4.78 is 0.784. The largest absolute Gasteiger partial charge is 0.274 e. The third kappa shape index (κ3) is 2.25. The second kappa shape index (κ2) is 5.17. The van der Waals surface area contributed by atoms with Crippen LogP contribution in [0, 0.1) is 0 Å². The van der Waals surface area contributed by atoms with E-state index in [1.54, 1.807) is 18.3 Å². The lowest BCUT2D eigenvalue weighted by molar-refractivity contribution is -0.121. The molecule has 0 bridgehead atoms. The minimum Gasteiger partial charge on any atom is -0.274 e. The molecule has 1 atom stereocenters. The molecule has 1 unspecified atom stereocenters. The fourth-order valence-corrected chi connectivity index (χ4v) is 2.66. The summed E-state index contributed by atoms with van der Waals surface area (Å²) in [5.41, 5.74) is 0.864. The van der Waals surface area contributed by atoms with Gasteiger partial charge in [-0.2, -0.15) is 0 Å². The van der Waals surface area contributed by atoms with Crippen molar-refractivity contribution >= 4 is 33.6 Å². The van der Waals surface area contributed by atoms with E-state index in [9.17, 15) is 9.59 Å². The average Bonchev–Trinajstić information content (AvgIpc) is 2.75. The van der Waals surface area contributed by atoms with Crippen molar-refractivity contribution in [2.45, 2.75) is 12.3 Å². The summed E-state index contributed by atoms with van der Waals surface area (Å²) >= 11 is 3.32. The Labute approximate surface area is 124 Å². The van der Waals surface area contributed by atoms with E-state index in [2.05, 4.69) is 20.9 Å². The van der Waals surface area contributed by atoms with Gasteiger partial charge in [-0.1, -0.05) is 46.3 Å². The van der Waals surface area contributed by atoms with Gasteiger partial charge in [-0.25, -0.2) is 9.88 Å². The highest BCUT2D eigenvalue weighted by Gasteiger charge is 2.40. The molecule has 1 saturated heterocycles. The van der Waals surface area contributed by atoms with E-state index in [0.29, 0.717) is 5.82 Å². The molecule has 1 aromatic carbocycles. The van der Waals surface area contributed by atoms with Crippen LogP contribution >= 0.6 is 15.9 Å². The van der Waals surface area contributed by atoms with Crippen LogP contribution < -0.4 is 4.90 Å². The summed E-state index contributed by atoms with van der Waals surface area (Å²) in [6.45, 7) is 0. The minimum absolute atomic E-state index is 0.192. The van der Waals surface area contributed by atoms with Crippen molar-refractivity contribution in [3.05, 3.63) is 58.7 Å². The van der Waals surface area contributed by atoms with Crippen LogP contribution in [-0.4, -0.2) is 16.8 Å². The molecule has 0 spiro atoms. The molecule has 1 fully saturated rings. The first-order valence-electron chi connectivity index (χ1n) is 6.20. The van der Waals surface area contributed by atoms with E-state index >= 15 is 0 Å². The van der Waals surface area contributed by atoms with Gasteiger partial charge < -0.3 is 0 Å². The standard InChI is InChI=1S/C15H11BrN2O2/c16-11-6-7-17-13(8-11)18-14(19)9-12(15(18)20)10-4-2-1-3-5-10/h1-8,12H,9H2. The van der Waals surface area contributed by atoms with Gasteiger partial charge in [0, 0.05) is 17.1 Å². The fourth-order valence-electron chi connectivity index (χ4n) is 2.33. The van der Waals surface area contributed by atoms with Crippen LogP contribution in [0.4, 0.5) is 5.82 Å². The summed E-state index contributed by atoms with van der Waals surface area (Å²) in [5, 5.41) is 0. The molecule has 0 radical (unpaired) electrons. The molecule has 2 aromatic rings. The Morgan fingerprint density at radius 1 is 1.15 bits per heavy atom. The molecule has 20 heavy (non-hydrogen) atoms. The first kappa shape index (κ1) is 13.0. The van der Waals surface area contributed by atoms with Crippen LogP contribution in [-0.2, 0) is 9.59 Å². The number of hydrogen-bond donors (Lipinski definition) is 0. The third-order valence-electron chi connectivity index (χ3n) is 3.29. The Balaban J connectivity index is 1.95. The minimum atomic E-state index is -0.413. The van der Waals surface area contributed by atoms with Crippen LogP contribution in [0.5, 0.6) is 0 Å². The average molecular weight is 331 g/mol. The second-order valence-corrected chi connectivity index (χ2v) is 5.48. The highest BCUT2D eigenvalue weighted by atomic mass is 79.9. The summed E-state index contributed by atoms with van der Waals surface area (Å²) in [4.78, 5) is 29.9. The third-order valence-corrected chi connectivity index (χ3v) is 3.78. The zero-order valence-corrected chi connectivity index (χ0v) is 12.1. The van der Waals surface area contributed by atoms with Crippen molar-refractivity contribution in [1.29, 1.82) is 0 Å². The molecule has 2 amide bonds. The number of rotatable bonds is 2. The van der Waals surface area contributed by atoms with E-state index in [1.165, 1.54) is 4.90 Å². The van der Waals surface area contributed by atoms with Gasteiger partial charge in [-0.15, -0.1) is 0 Å². The quantitative estimate of drug-likeness (QED) is 0.795. The van der Waals surface area contributed by atoms with Gasteiger partial charge in [0.05, 0.1) is 5.92 Å². The molecule has 1 aliphatic rings. The molecule has 0 saturated carbocycles. The monoisotopic (exact) mass is 330 g/mol. The number of pyridine rings is 1. The Kier molecular flexibility index (Phi) is 3.36. The van der Waals surface area contributed by atoms with Crippen molar-refractivity contribution in [2.75, 3.05) is 4.90 Å². The maximum atomic E-state index is 12.5. The Morgan fingerprint density at radius 3 is 2.60 bits per heavy atom. The number of anilines is 1. The van der Waals surface area contributed by atoms with Gasteiger partial charge in [0.15, 0.2) is 0 Å². The van der Waals surface area contributed by atoms with E-state index in [4.69, 9.17) is 0 Å². The molecular formula is C15H11BrN2O2. The maximum Gasteiger partial charge on any atom is 0.243 e. The first-order chi connectivity index (χ1) is 9.66. The van der Waals surface area contributed by atoms with Crippen LogP contribution in [0.3, 0.4) is 0 Å². The van der Waals surface area contributed by atoms with Crippen LogP contribution in [0.1, 0.15) is 17.9 Å². The molecule has 0 aliphatic carbocycles. The normalized spacial score (nSPS) is 18.6. The molecule has 4 nitrogen and oxygen atoms in total. The molecule has 0 N–H and O–H groups in total. The van der Waals surface area contributed by atoms with Crippen LogP contribution in [0.2, 0.25) is 0 Å². The number of aromatic nitrogens is 1. The SMILES string of the molecule is O=C1CC(c2ccccc2)C(=O)N1c1cc(Br)ccn1. The lowest BCUT2D eigenvalue weighted by Crippen LogP contribution is -2.30. The number of carbonyl (C=O) groups excluding carboxylic acids is 2. The Hall–Kier alpha value is -2.01. The van der Waals surface area contributed by atoms with E-state index in [-0.39, 0.29) is 18.2 Å². The highest BCUT2D eigenvalue weighted by Crippen LogP contribution is 2.32. The molecule has 100 valence electrons. The van der Waals surface area contributed by atoms with Crippen molar-refractivity contribution in [3.63, 3.8) is 0 Å². The summed E-state index contributed by atoms with van der Waals surface area (Å²) in [5.74, 6) is -0.474. The molecule has 3 rings (SSSR count). The van der Waals surface area contributed by atoms with Crippen molar-refractivity contribution in [3.8, 4) is 0 Å². The van der Waals surface area contributed by atoms with Gasteiger partial charge in [-0.3, -0.25) is 9.59 Å². The van der Waals surface area contributed by atoms with Crippen molar-refractivity contribution in [1.82, 2.24) is 4.98 Å². The van der Waals surface area contributed by atoms with Crippen molar-refractivity contribution < 1.29 is 9.59 Å². The predicted molar refractivity (Wildman–Crippen MR) is 78.2 cm³/mol. The predicted octanol–water partition coefficient (Wildman–Crippen LogP) is 2.89. The fraction of sp³-hybridized carbons (Fsp3) is 0.133. The molecule has 5 heteroatoms. The van der Waals surface area contributed by atoms with E-state index in [0.717, 1.165) is 10.0 Å². The number of imide groups is 1. The lowest BCUT2D eigenvalue weighted by atomic mass is 9.98. The number of amides is 2. The second-order valence-electron chi connectivity index (χ2n) is 4.57. The number of hydrogen-bond acceptors (Lipinski definition) is 3. The zero-order chi connectivity index (χ0) is 14.1. The van der Waals surface area contributed by atoms with E-state index < -0.39 is 5.92 Å². The number of nitrogens with zero attached hydrogens (tertiary/aromatic N) is 2. The van der Waals surface area contributed by atoms with Crippen molar-refractivity contribution in [2.24, 2.45) is 0 Å². The summed E-state index contributed by atoms with van der Waals surface area (Å²) in [7, 11) is 0. The van der Waals surface area contributed by atoms with Gasteiger partial charge in [0.25, 0.3) is 0 Å². The molecule has 1 aliphatic heterocycles. The Bertz CT molecular complexity index is 673. The van der Waals surface area contributed by atoms with E-state index in [1.807, 2.05) is 30.3 Å². The number of halogens is 1. The van der Waals surface area contributed by atoms with Gasteiger partial charge in [0.1, 0.15) is 5.82 Å². The highest BCUT2D eigenvalue weighted by molar-refractivity contribution is 9.10. The summed E-state index contributed by atoms with van der Waals surface area (Å²) in [6, 6.07) is 12.8. The molecule has 2 heterocycles. The van der Waals surface area contributed by atoms with Gasteiger partial charge in [0.2, 0.25) is 11.8 Å². The van der Waals surface area contributed by atoms with Gasteiger partial charge >= 0.3 is 0 Å². The molecule has 1 aromatic heterocycles. The zero-order valence-electron chi connectivity index (χ0n) is 10.5. The lowest BCUT2D eigenvalue weighted by Gasteiger charge is -2.14. The van der Waals surface area contributed by atoms with Crippen LogP contribution in [0.25, 0.3) is 0 Å². The maximum absolute atomic E-state index is 12.5. The Morgan fingerprint density at radius 2 is 1.90 bits per heavy atom. The number of benzene rings is 1. The first-order valence-corrected chi connectivity index (χ1v) is 6.99. The summed E-state index contributed by atoms with van der Waals surface area (Å²) in [6.07, 6.45) is 1.76. The topological polar surface area (TPSA) is 50.3 Å².